The van der Waals surface area contributed by atoms with Crippen molar-refractivity contribution < 1.29 is 42.2 Å². The maximum absolute atomic E-state index is 13.5. The Morgan fingerprint density at radius 3 is 2.21 bits per heavy atom. The van der Waals surface area contributed by atoms with Gasteiger partial charge in [-0.3, -0.25) is 20.0 Å². The molecule has 52 heavy (non-hydrogen) atoms. The molecule has 16 heteroatoms. The highest BCUT2D eigenvalue weighted by Crippen LogP contribution is 2.45. The minimum Gasteiger partial charge on any atom is -0.487 e. The van der Waals surface area contributed by atoms with Crippen molar-refractivity contribution >= 4 is 39.9 Å². The van der Waals surface area contributed by atoms with Gasteiger partial charge in [0.25, 0.3) is 15.9 Å². The van der Waals surface area contributed by atoms with E-state index in [2.05, 4.69) is 25.9 Å². The Morgan fingerprint density at radius 2 is 1.60 bits per heavy atom. The smallest absolute Gasteiger partial charge is 0.426 e. The van der Waals surface area contributed by atoms with Gasteiger partial charge in [0.15, 0.2) is 0 Å². The molecule has 3 amide bonds. The lowest BCUT2D eigenvalue weighted by atomic mass is 9.94. The highest BCUT2D eigenvalue weighted by molar-refractivity contribution is 7.90. The second kappa shape index (κ2) is 14.9. The van der Waals surface area contributed by atoms with E-state index in [1.807, 2.05) is 62.4 Å². The lowest BCUT2D eigenvalue weighted by molar-refractivity contribution is -0.151. The van der Waals surface area contributed by atoms with E-state index in [0.29, 0.717) is 28.9 Å². The predicted octanol–water partition coefficient (Wildman–Crippen LogP) is 2.84. The fraction of sp³-hybridized carbons (Fsp3) is 0.361. The molecule has 0 unspecified atom stereocenters. The number of guanidine groups is 1. The van der Waals surface area contributed by atoms with Gasteiger partial charge in [0.1, 0.15) is 24.0 Å². The van der Waals surface area contributed by atoms with Crippen LogP contribution in [0.1, 0.15) is 66.0 Å². The first-order valence-corrected chi connectivity index (χ1v) is 18.1. The number of carboxylic acids is 1. The van der Waals surface area contributed by atoms with Gasteiger partial charge in [-0.1, -0.05) is 48.5 Å². The predicted molar refractivity (Wildman–Crippen MR) is 191 cm³/mol. The molecule has 0 saturated heterocycles. The minimum absolute atomic E-state index is 0.0180. The Labute approximate surface area is 301 Å². The molecule has 1 heterocycles. The Bertz CT molecular complexity index is 2030. The Kier molecular flexibility index (Phi) is 10.8. The first-order valence-electron chi connectivity index (χ1n) is 16.6. The number of aliphatic carboxylic acids is 1. The Morgan fingerprint density at radius 1 is 0.981 bits per heavy atom. The Hall–Kier alpha value is -5.64. The summed E-state index contributed by atoms with van der Waals surface area (Å²) in [7, 11) is -4.15. The third-order valence-electron chi connectivity index (χ3n) is 9.18. The zero-order valence-electron chi connectivity index (χ0n) is 29.5. The normalized spacial score (nSPS) is 15.0. The lowest BCUT2D eigenvalue weighted by Crippen LogP contribution is -2.53. The number of nitrogens with one attached hydrogen (secondary N) is 4. The summed E-state index contributed by atoms with van der Waals surface area (Å²) >= 11 is 0. The summed E-state index contributed by atoms with van der Waals surface area (Å²) in [6, 6.07) is 14.1. The van der Waals surface area contributed by atoms with E-state index >= 15 is 0 Å². The van der Waals surface area contributed by atoms with Crippen LogP contribution >= 0.6 is 0 Å². The molecule has 5 rings (SSSR count). The van der Waals surface area contributed by atoms with Crippen molar-refractivity contribution in [3.8, 4) is 16.9 Å². The first kappa shape index (κ1) is 37.6. The second-order valence-electron chi connectivity index (χ2n) is 13.3. The number of benzene rings is 3. The van der Waals surface area contributed by atoms with E-state index in [1.165, 1.54) is 0 Å². The summed E-state index contributed by atoms with van der Waals surface area (Å²) in [6.45, 7) is 8.96. The minimum atomic E-state index is -4.15. The molecule has 276 valence electrons. The molecule has 7 N–H and O–H groups in total. The van der Waals surface area contributed by atoms with Crippen molar-refractivity contribution in [3.63, 3.8) is 0 Å². The molecule has 15 nitrogen and oxygen atoms in total. The number of hydrazine groups is 1. The van der Waals surface area contributed by atoms with Crippen LogP contribution in [0.25, 0.3) is 11.1 Å². The molecule has 0 saturated carbocycles. The van der Waals surface area contributed by atoms with Crippen LogP contribution in [0.5, 0.6) is 5.75 Å². The van der Waals surface area contributed by atoms with Gasteiger partial charge < -0.3 is 25.6 Å². The quantitative estimate of drug-likeness (QED) is 0.0587. The van der Waals surface area contributed by atoms with Crippen molar-refractivity contribution in [3.05, 3.63) is 81.9 Å². The van der Waals surface area contributed by atoms with Gasteiger partial charge in [-0.05, 0) is 86.4 Å². The molecular weight excluding hydrogens is 692 g/mol. The number of fused-ring (bicyclic) bond motifs is 4. The first-order chi connectivity index (χ1) is 24.5. The number of ether oxygens (including phenoxy) is 2. The fourth-order valence-corrected chi connectivity index (χ4v) is 8.21. The molecule has 1 atom stereocenters. The molecule has 2 aliphatic rings. The SMILES string of the molecule is Cc1c(C)c(S(=O)(=O)NC(N)=NCCC[C@@H](NC(=O)C(=O)O)C(=O)NNC(=O)OCC2c3ccccc3-c3ccccc32)c(C)c2c1OC(C)(C)C2. The number of rotatable bonds is 10. The molecule has 1 aliphatic carbocycles. The average molecular weight is 735 g/mol. The van der Waals surface area contributed by atoms with Crippen LogP contribution < -0.4 is 31.4 Å². The van der Waals surface area contributed by atoms with Gasteiger partial charge in [0.05, 0.1) is 4.90 Å². The largest absolute Gasteiger partial charge is 0.487 e. The maximum Gasteiger partial charge on any atom is 0.426 e. The summed E-state index contributed by atoms with van der Waals surface area (Å²) in [4.78, 5) is 52.7. The molecule has 0 radical (unpaired) electrons. The number of nitrogens with two attached hydrogens (primary N) is 1. The van der Waals surface area contributed by atoms with Crippen molar-refractivity contribution in [2.75, 3.05) is 13.2 Å². The summed E-state index contributed by atoms with van der Waals surface area (Å²) in [5.41, 5.74) is 16.4. The monoisotopic (exact) mass is 734 g/mol. The number of aliphatic imine (C=N–C) groups is 1. The number of amides is 3. The van der Waals surface area contributed by atoms with E-state index in [-0.39, 0.29) is 36.8 Å². The molecule has 3 aromatic rings. The number of carbonyl (C=O) groups excluding carboxylic acids is 3. The third-order valence-corrected chi connectivity index (χ3v) is 10.8. The van der Waals surface area contributed by atoms with Crippen LogP contribution in [0.2, 0.25) is 0 Å². The van der Waals surface area contributed by atoms with Gasteiger partial charge in [-0.15, -0.1) is 0 Å². The Balaban J connectivity index is 1.16. The van der Waals surface area contributed by atoms with E-state index in [0.717, 1.165) is 27.8 Å². The van der Waals surface area contributed by atoms with Crippen LogP contribution in [0, 0.1) is 20.8 Å². The van der Waals surface area contributed by atoms with E-state index < -0.39 is 51.5 Å². The second-order valence-corrected chi connectivity index (χ2v) is 15.0. The van der Waals surface area contributed by atoms with E-state index in [4.69, 9.17) is 20.3 Å². The summed E-state index contributed by atoms with van der Waals surface area (Å²) in [6.07, 6.45) is -0.508. The molecule has 3 aromatic carbocycles. The number of carboxylic acid groups (broad SMARTS) is 1. The van der Waals surface area contributed by atoms with Gasteiger partial charge in [-0.25, -0.2) is 28.2 Å². The zero-order chi connectivity index (χ0) is 38.0. The molecular formula is C36H42N6O9S. The van der Waals surface area contributed by atoms with Gasteiger partial charge in [0.2, 0.25) is 5.96 Å². The topological polar surface area (TPSA) is 228 Å². The van der Waals surface area contributed by atoms with Gasteiger partial charge in [0, 0.05) is 24.4 Å². The molecule has 0 spiro atoms. The molecule has 0 aromatic heterocycles. The lowest BCUT2D eigenvalue weighted by Gasteiger charge is -2.19. The average Bonchev–Trinajstić information content (AvgIpc) is 3.60. The van der Waals surface area contributed by atoms with Crippen molar-refractivity contribution in [1.82, 2.24) is 20.9 Å². The zero-order valence-corrected chi connectivity index (χ0v) is 30.3. The van der Waals surface area contributed by atoms with Crippen molar-refractivity contribution in [1.29, 1.82) is 0 Å². The number of carbonyl (C=O) groups is 4. The van der Waals surface area contributed by atoms with Gasteiger partial charge in [-0.2, -0.15) is 0 Å². The van der Waals surface area contributed by atoms with Crippen molar-refractivity contribution in [2.45, 2.75) is 76.3 Å². The summed E-state index contributed by atoms with van der Waals surface area (Å²) < 4.78 is 40.7. The number of nitrogens with zero attached hydrogens (tertiary/aromatic N) is 1. The highest BCUT2D eigenvalue weighted by Gasteiger charge is 2.37. The van der Waals surface area contributed by atoms with E-state index in [9.17, 15) is 27.6 Å². The third kappa shape index (κ3) is 7.96. The molecule has 0 bridgehead atoms. The highest BCUT2D eigenvalue weighted by atomic mass is 32.2. The standard InChI is InChI=1S/C36H42N6O9S/c1-19-20(2)30(21(3)26-17-36(4,5)51-29(19)26)52(48,49)42-34(37)38-16-10-15-28(39-32(44)33(45)46)31(43)40-41-35(47)50-18-27-24-13-8-6-11-22(24)23-12-7-9-14-25(23)27/h6-9,11-14,27-28H,10,15-18H2,1-5H3,(H,39,44)(H,40,43)(H,41,47)(H,45,46)(H3,37,38,42)/t28-/m1/s1. The maximum atomic E-state index is 13.5. The van der Waals surface area contributed by atoms with E-state index in [1.54, 1.807) is 20.8 Å². The summed E-state index contributed by atoms with van der Waals surface area (Å²) in [5, 5.41) is 11.2. The van der Waals surface area contributed by atoms with Crippen LogP contribution in [0.4, 0.5) is 4.79 Å². The number of sulfonamides is 1. The number of hydrogen-bond donors (Lipinski definition) is 6. The van der Waals surface area contributed by atoms with Crippen LogP contribution in [-0.2, 0) is 35.6 Å². The van der Waals surface area contributed by atoms with Crippen LogP contribution in [0.15, 0.2) is 58.4 Å². The van der Waals surface area contributed by atoms with Crippen molar-refractivity contribution in [2.24, 2.45) is 10.7 Å². The summed E-state index contributed by atoms with van der Waals surface area (Å²) in [5.74, 6) is -4.13. The van der Waals surface area contributed by atoms with Crippen LogP contribution in [-0.4, -0.2) is 68.2 Å². The van der Waals surface area contributed by atoms with Crippen LogP contribution in [0.3, 0.4) is 0 Å². The molecule has 0 fully saturated rings. The molecule has 1 aliphatic heterocycles. The number of hydrogen-bond acceptors (Lipinski definition) is 9. The fourth-order valence-electron chi connectivity index (χ4n) is 6.69. The van der Waals surface area contributed by atoms with Gasteiger partial charge >= 0.3 is 18.0 Å².